The largest absolute Gasteiger partial charge is 0.375 e. The van der Waals surface area contributed by atoms with Crippen LogP contribution in [-0.2, 0) is 0 Å². The highest BCUT2D eigenvalue weighted by Crippen LogP contribution is 2.18. The zero-order valence-corrected chi connectivity index (χ0v) is 13.0. The fraction of sp³-hybridized carbons (Fsp3) is 0.667. The number of likely N-dealkylation sites (N-methyl/N-ethyl adjacent to an activating group) is 2. The highest BCUT2D eigenvalue weighted by Gasteiger charge is 2.44. The van der Waals surface area contributed by atoms with Crippen LogP contribution < -0.4 is 33.2 Å². The van der Waals surface area contributed by atoms with Gasteiger partial charge in [-0.05, 0) is 38.3 Å². The van der Waals surface area contributed by atoms with Crippen LogP contribution in [0.15, 0.2) is 0 Å². The molecule has 2 atom stereocenters. The summed E-state index contributed by atoms with van der Waals surface area (Å²) in [5.41, 5.74) is 21.9. The van der Waals surface area contributed by atoms with Crippen LogP contribution in [0, 0.1) is 0 Å². The molecule has 11 heteroatoms. The molecule has 8 N–H and O–H groups in total. The molecule has 0 bridgehead atoms. The summed E-state index contributed by atoms with van der Waals surface area (Å²) in [4.78, 5) is 15.5. The lowest BCUT2D eigenvalue weighted by Crippen LogP contribution is -2.63. The first-order chi connectivity index (χ1) is 9.42. The minimum absolute atomic E-state index is 0.0875. The van der Waals surface area contributed by atoms with E-state index in [2.05, 4.69) is 21.7 Å². The Kier molecular flexibility index (Phi) is 6.13. The number of nitrogens with zero attached hydrogens (tertiary/aromatic N) is 2. The second kappa shape index (κ2) is 7.38. The normalized spacial score (nSPS) is 22.0. The van der Waals surface area contributed by atoms with E-state index in [-0.39, 0.29) is 16.3 Å². The van der Waals surface area contributed by atoms with Crippen molar-refractivity contribution < 1.29 is 4.79 Å². The maximum absolute atomic E-state index is 12.3. The third-order valence-corrected chi connectivity index (χ3v) is 3.03. The van der Waals surface area contributed by atoms with Crippen LogP contribution in [0.3, 0.4) is 0 Å². The Hall–Kier alpha value is -1.43. The zero-order valence-electron chi connectivity index (χ0n) is 11.3. The molecule has 2 amide bonds. The number of hydrazine groups is 2. The van der Waals surface area contributed by atoms with E-state index in [1.54, 1.807) is 9.80 Å². The number of urea groups is 1. The summed E-state index contributed by atoms with van der Waals surface area (Å²) in [6.45, 7) is 4.81. The van der Waals surface area contributed by atoms with E-state index in [1.807, 2.05) is 13.8 Å². The summed E-state index contributed by atoms with van der Waals surface area (Å²) >= 11 is 9.49. The zero-order chi connectivity index (χ0) is 15.3. The predicted molar refractivity (Wildman–Crippen MR) is 83.8 cm³/mol. The van der Waals surface area contributed by atoms with Gasteiger partial charge < -0.3 is 21.3 Å². The molecule has 1 aliphatic rings. The summed E-state index contributed by atoms with van der Waals surface area (Å²) in [7, 11) is 0. The first-order valence-corrected chi connectivity index (χ1v) is 6.93. The van der Waals surface area contributed by atoms with Gasteiger partial charge in [0.2, 0.25) is 0 Å². The number of amides is 2. The van der Waals surface area contributed by atoms with Gasteiger partial charge in [0.1, 0.15) is 12.3 Å². The quantitative estimate of drug-likeness (QED) is 0.246. The molecule has 0 spiro atoms. The number of thiocarbonyl (C=S) groups is 2. The van der Waals surface area contributed by atoms with Crippen molar-refractivity contribution in [2.45, 2.75) is 26.2 Å². The Morgan fingerprint density at radius 1 is 1.05 bits per heavy atom. The molecule has 20 heavy (non-hydrogen) atoms. The second-order valence-corrected chi connectivity index (χ2v) is 4.89. The molecule has 1 rings (SSSR count). The van der Waals surface area contributed by atoms with E-state index >= 15 is 0 Å². The van der Waals surface area contributed by atoms with Crippen LogP contribution in [0.1, 0.15) is 13.8 Å². The summed E-state index contributed by atoms with van der Waals surface area (Å²) in [5, 5.41) is 0.175. The van der Waals surface area contributed by atoms with Gasteiger partial charge in [0.25, 0.3) is 0 Å². The number of rotatable bonds is 6. The lowest BCUT2D eigenvalue weighted by Gasteiger charge is -2.29. The maximum atomic E-state index is 12.3. The highest BCUT2D eigenvalue weighted by atomic mass is 32.1. The molecule has 0 aromatic rings. The topological polar surface area (TPSA) is 124 Å². The Bertz CT molecular complexity index is 358. The van der Waals surface area contributed by atoms with E-state index in [4.69, 9.17) is 35.9 Å². The van der Waals surface area contributed by atoms with Crippen LogP contribution in [0.5, 0.6) is 0 Å². The van der Waals surface area contributed by atoms with Crippen LogP contribution in [0.2, 0.25) is 0 Å². The van der Waals surface area contributed by atoms with Crippen molar-refractivity contribution in [3.05, 3.63) is 0 Å². The number of hydrogen-bond donors (Lipinski definition) is 6. The molecule has 0 saturated carbocycles. The standard InChI is InChI=1S/C9H20N8OS2/c1-3-16-5(12-14-7(10)19)6(13-15-8(11)20)17(4-2)9(16)18/h5-6,12-13H,3-4H2,1-2H3,(H3,10,14,19)(H3,11,15,20)/t5-,6+. The third kappa shape index (κ3) is 3.79. The van der Waals surface area contributed by atoms with Crippen molar-refractivity contribution in [3.8, 4) is 0 Å². The number of nitrogens with two attached hydrogens (primary N) is 2. The van der Waals surface area contributed by atoms with Gasteiger partial charge in [0.05, 0.1) is 0 Å². The van der Waals surface area contributed by atoms with Crippen LogP contribution in [0.4, 0.5) is 4.79 Å². The fourth-order valence-corrected chi connectivity index (χ4v) is 2.13. The van der Waals surface area contributed by atoms with Crippen LogP contribution >= 0.6 is 24.4 Å². The summed E-state index contributed by atoms with van der Waals surface area (Å²) in [6, 6.07) is -0.112. The van der Waals surface area contributed by atoms with Gasteiger partial charge in [-0.3, -0.25) is 10.9 Å². The van der Waals surface area contributed by atoms with E-state index in [1.165, 1.54) is 0 Å². The Labute approximate surface area is 128 Å². The third-order valence-electron chi connectivity index (χ3n) is 2.83. The fourth-order valence-electron chi connectivity index (χ4n) is 2.01. The number of carbonyl (C=O) groups is 1. The summed E-state index contributed by atoms with van der Waals surface area (Å²) in [5.74, 6) is 0. The van der Waals surface area contributed by atoms with Gasteiger partial charge in [-0.2, -0.15) is 0 Å². The molecule has 1 heterocycles. The minimum Gasteiger partial charge on any atom is -0.375 e. The Morgan fingerprint density at radius 2 is 1.40 bits per heavy atom. The first-order valence-electron chi connectivity index (χ1n) is 6.11. The van der Waals surface area contributed by atoms with Gasteiger partial charge in [0.15, 0.2) is 10.2 Å². The van der Waals surface area contributed by atoms with Crippen molar-refractivity contribution in [2.24, 2.45) is 11.5 Å². The average molecular weight is 320 g/mol. The number of nitrogens with one attached hydrogen (secondary N) is 4. The van der Waals surface area contributed by atoms with E-state index < -0.39 is 12.3 Å². The molecule has 9 nitrogen and oxygen atoms in total. The number of carbonyl (C=O) groups excluding carboxylic acids is 1. The Balaban J connectivity index is 2.87. The van der Waals surface area contributed by atoms with Gasteiger partial charge in [-0.25, -0.2) is 15.6 Å². The van der Waals surface area contributed by atoms with E-state index in [9.17, 15) is 4.79 Å². The monoisotopic (exact) mass is 320 g/mol. The highest BCUT2D eigenvalue weighted by molar-refractivity contribution is 7.80. The molecule has 1 aliphatic heterocycles. The SMILES string of the molecule is CCN1C(=O)N(CC)[C@@H](NNC(N)=S)[C@H]1NNC(N)=S. The molecule has 1 fully saturated rings. The van der Waals surface area contributed by atoms with Crippen molar-refractivity contribution in [2.75, 3.05) is 13.1 Å². The van der Waals surface area contributed by atoms with E-state index in [0.717, 1.165) is 0 Å². The summed E-state index contributed by atoms with van der Waals surface area (Å²) in [6.07, 6.45) is -0.786. The molecule has 0 unspecified atom stereocenters. The average Bonchev–Trinajstić information content (AvgIpc) is 2.64. The van der Waals surface area contributed by atoms with Gasteiger partial charge in [-0.15, -0.1) is 0 Å². The van der Waals surface area contributed by atoms with Crippen molar-refractivity contribution >= 4 is 40.7 Å². The van der Waals surface area contributed by atoms with Gasteiger partial charge in [-0.1, -0.05) is 0 Å². The van der Waals surface area contributed by atoms with Crippen LogP contribution in [-0.4, -0.2) is 51.5 Å². The lowest BCUT2D eigenvalue weighted by molar-refractivity contribution is 0.184. The number of hydrogen-bond acceptors (Lipinski definition) is 5. The molecule has 0 aromatic heterocycles. The van der Waals surface area contributed by atoms with Gasteiger partial charge in [0, 0.05) is 13.1 Å². The molecular weight excluding hydrogens is 300 g/mol. The molecule has 114 valence electrons. The molecule has 0 aliphatic carbocycles. The minimum atomic E-state index is -0.393. The van der Waals surface area contributed by atoms with Crippen LogP contribution in [0.25, 0.3) is 0 Å². The molecule has 0 radical (unpaired) electrons. The van der Waals surface area contributed by atoms with Crippen molar-refractivity contribution in [1.29, 1.82) is 0 Å². The van der Waals surface area contributed by atoms with Crippen molar-refractivity contribution in [1.82, 2.24) is 31.5 Å². The van der Waals surface area contributed by atoms with Crippen molar-refractivity contribution in [3.63, 3.8) is 0 Å². The maximum Gasteiger partial charge on any atom is 0.322 e. The predicted octanol–water partition coefficient (Wildman–Crippen LogP) is -1.91. The molecule has 0 aromatic carbocycles. The smallest absolute Gasteiger partial charge is 0.322 e. The van der Waals surface area contributed by atoms with E-state index in [0.29, 0.717) is 13.1 Å². The second-order valence-electron chi connectivity index (χ2n) is 4.01. The molecule has 1 saturated heterocycles. The lowest BCUT2D eigenvalue weighted by atomic mass is 10.3. The summed E-state index contributed by atoms with van der Waals surface area (Å²) < 4.78 is 0. The molecular formula is C9H20N8OS2. The Morgan fingerprint density at radius 3 is 1.65 bits per heavy atom. The first kappa shape index (κ1) is 16.6. The van der Waals surface area contributed by atoms with Gasteiger partial charge >= 0.3 is 6.03 Å².